The van der Waals surface area contributed by atoms with Gasteiger partial charge in [-0.2, -0.15) is 0 Å². The largest absolute Gasteiger partial charge is 0.0917 e. The SMILES string of the molecule is CC=CC=CCc1ccccc1CCC=CC. The van der Waals surface area contributed by atoms with Gasteiger partial charge in [-0.1, -0.05) is 60.7 Å². The smallest absolute Gasteiger partial charge is 0.00916 e. The second-order valence-corrected chi connectivity index (χ2v) is 4.03. The molecule has 1 aromatic carbocycles. The molecule has 0 fully saturated rings. The Hall–Kier alpha value is -1.56. The van der Waals surface area contributed by atoms with E-state index in [1.807, 2.05) is 6.92 Å². The van der Waals surface area contributed by atoms with E-state index in [0.717, 1.165) is 19.3 Å². The molecule has 1 aromatic rings. The molecular formula is C17H22. The first-order valence-corrected chi connectivity index (χ1v) is 6.34. The Morgan fingerprint density at radius 3 is 2.35 bits per heavy atom. The number of hydrogen-bond donors (Lipinski definition) is 0. The Morgan fingerprint density at radius 2 is 1.65 bits per heavy atom. The van der Waals surface area contributed by atoms with E-state index in [0.29, 0.717) is 0 Å². The van der Waals surface area contributed by atoms with Crippen molar-refractivity contribution in [2.45, 2.75) is 33.1 Å². The van der Waals surface area contributed by atoms with Gasteiger partial charge in [-0.15, -0.1) is 0 Å². The maximum atomic E-state index is 2.24. The third-order valence-corrected chi connectivity index (χ3v) is 2.71. The molecule has 0 aromatic heterocycles. The minimum atomic E-state index is 1.02. The lowest BCUT2D eigenvalue weighted by atomic mass is 10.00. The lowest BCUT2D eigenvalue weighted by Gasteiger charge is -2.05. The van der Waals surface area contributed by atoms with E-state index in [-0.39, 0.29) is 0 Å². The molecule has 0 N–H and O–H groups in total. The fraction of sp³-hybridized carbons (Fsp3) is 0.294. The summed E-state index contributed by atoms with van der Waals surface area (Å²) in [6, 6.07) is 8.72. The third kappa shape index (κ3) is 5.35. The van der Waals surface area contributed by atoms with Crippen LogP contribution in [0.4, 0.5) is 0 Å². The van der Waals surface area contributed by atoms with Crippen molar-refractivity contribution >= 4 is 0 Å². The fourth-order valence-corrected chi connectivity index (χ4v) is 1.79. The summed E-state index contributed by atoms with van der Waals surface area (Å²) in [6.45, 7) is 4.11. The van der Waals surface area contributed by atoms with Crippen LogP contribution in [0.5, 0.6) is 0 Å². The normalized spacial score (nSPS) is 12.1. The zero-order valence-electron chi connectivity index (χ0n) is 10.9. The van der Waals surface area contributed by atoms with E-state index in [2.05, 4.69) is 67.6 Å². The molecule has 0 aliphatic carbocycles. The van der Waals surface area contributed by atoms with Crippen molar-refractivity contribution in [1.29, 1.82) is 0 Å². The summed E-state index contributed by atoms with van der Waals surface area (Å²) in [6.07, 6.45) is 16.1. The van der Waals surface area contributed by atoms with Gasteiger partial charge in [0.2, 0.25) is 0 Å². The topological polar surface area (TPSA) is 0 Å². The monoisotopic (exact) mass is 226 g/mol. The van der Waals surface area contributed by atoms with Crippen LogP contribution in [0.25, 0.3) is 0 Å². The van der Waals surface area contributed by atoms with E-state index in [1.54, 1.807) is 0 Å². The van der Waals surface area contributed by atoms with Gasteiger partial charge in [-0.05, 0) is 44.2 Å². The highest BCUT2D eigenvalue weighted by atomic mass is 14.0. The Labute approximate surface area is 105 Å². The van der Waals surface area contributed by atoms with Crippen molar-refractivity contribution in [3.8, 4) is 0 Å². The van der Waals surface area contributed by atoms with Gasteiger partial charge in [0, 0.05) is 0 Å². The highest BCUT2D eigenvalue weighted by Gasteiger charge is 1.98. The summed E-state index contributed by atoms with van der Waals surface area (Å²) in [5, 5.41) is 0. The molecule has 0 atom stereocenters. The maximum Gasteiger partial charge on any atom is -0.00916 e. The number of allylic oxidation sites excluding steroid dienone is 6. The molecule has 17 heavy (non-hydrogen) atoms. The first-order valence-electron chi connectivity index (χ1n) is 6.34. The Balaban J connectivity index is 2.63. The summed E-state index contributed by atoms with van der Waals surface area (Å²) in [7, 11) is 0. The number of benzene rings is 1. The van der Waals surface area contributed by atoms with Gasteiger partial charge in [0.05, 0.1) is 0 Å². The quantitative estimate of drug-likeness (QED) is 0.479. The van der Waals surface area contributed by atoms with E-state index >= 15 is 0 Å². The van der Waals surface area contributed by atoms with Crippen molar-refractivity contribution < 1.29 is 0 Å². The van der Waals surface area contributed by atoms with Crippen molar-refractivity contribution in [2.75, 3.05) is 0 Å². The molecule has 1 rings (SSSR count). The standard InChI is InChI=1S/C17H22/c1-3-5-7-9-13-17-15-11-10-14-16(17)12-8-6-4-2/h3-7,9-11,14-15H,8,12-13H2,1-2H3. The zero-order chi connectivity index (χ0) is 12.3. The first kappa shape index (κ1) is 13.5. The van der Waals surface area contributed by atoms with E-state index in [9.17, 15) is 0 Å². The Bertz CT molecular complexity index is 394. The van der Waals surface area contributed by atoms with Crippen LogP contribution >= 0.6 is 0 Å². The van der Waals surface area contributed by atoms with Crippen molar-refractivity contribution in [1.82, 2.24) is 0 Å². The maximum absolute atomic E-state index is 2.24. The van der Waals surface area contributed by atoms with Crippen LogP contribution in [0.1, 0.15) is 31.4 Å². The van der Waals surface area contributed by atoms with E-state index in [4.69, 9.17) is 0 Å². The lowest BCUT2D eigenvalue weighted by molar-refractivity contribution is 0.974. The average Bonchev–Trinajstić information content (AvgIpc) is 2.36. The summed E-state index contributed by atoms with van der Waals surface area (Å²) >= 11 is 0. The van der Waals surface area contributed by atoms with E-state index < -0.39 is 0 Å². The van der Waals surface area contributed by atoms with Crippen LogP contribution in [-0.4, -0.2) is 0 Å². The molecule has 0 saturated carbocycles. The molecule has 0 aliphatic heterocycles. The van der Waals surface area contributed by atoms with Gasteiger partial charge in [-0.25, -0.2) is 0 Å². The van der Waals surface area contributed by atoms with Crippen LogP contribution in [0.2, 0.25) is 0 Å². The van der Waals surface area contributed by atoms with Gasteiger partial charge in [0.1, 0.15) is 0 Å². The van der Waals surface area contributed by atoms with E-state index in [1.165, 1.54) is 11.1 Å². The number of rotatable bonds is 6. The van der Waals surface area contributed by atoms with Crippen LogP contribution in [0, 0.1) is 0 Å². The Kier molecular flexibility index (Phi) is 6.81. The molecule has 0 heterocycles. The molecule has 0 aliphatic rings. The summed E-state index contributed by atoms with van der Waals surface area (Å²) in [4.78, 5) is 0. The predicted octanol–water partition coefficient (Wildman–Crippen LogP) is 4.87. The van der Waals surface area contributed by atoms with Gasteiger partial charge in [0.15, 0.2) is 0 Å². The zero-order valence-corrected chi connectivity index (χ0v) is 10.9. The molecule has 0 heteroatoms. The van der Waals surface area contributed by atoms with Crippen molar-refractivity contribution in [3.63, 3.8) is 0 Å². The first-order chi connectivity index (χ1) is 8.38. The molecule has 0 saturated heterocycles. The molecular weight excluding hydrogens is 204 g/mol. The third-order valence-electron chi connectivity index (χ3n) is 2.71. The van der Waals surface area contributed by atoms with Crippen molar-refractivity contribution in [3.05, 3.63) is 71.8 Å². The molecule has 0 bridgehead atoms. The highest BCUT2D eigenvalue weighted by Crippen LogP contribution is 2.12. The van der Waals surface area contributed by atoms with Crippen LogP contribution in [-0.2, 0) is 12.8 Å². The van der Waals surface area contributed by atoms with Crippen LogP contribution in [0.15, 0.2) is 60.7 Å². The summed E-state index contributed by atoms with van der Waals surface area (Å²) in [5.41, 5.74) is 2.91. The van der Waals surface area contributed by atoms with Gasteiger partial charge in [-0.3, -0.25) is 0 Å². The minimum Gasteiger partial charge on any atom is -0.0917 e. The number of aryl methyl sites for hydroxylation is 1. The van der Waals surface area contributed by atoms with Gasteiger partial charge >= 0.3 is 0 Å². The number of hydrogen-bond acceptors (Lipinski definition) is 0. The second-order valence-electron chi connectivity index (χ2n) is 4.03. The molecule has 0 nitrogen and oxygen atoms in total. The predicted molar refractivity (Wildman–Crippen MR) is 77.2 cm³/mol. The molecule has 90 valence electrons. The average molecular weight is 226 g/mol. The van der Waals surface area contributed by atoms with Crippen LogP contribution < -0.4 is 0 Å². The fourth-order valence-electron chi connectivity index (χ4n) is 1.79. The highest BCUT2D eigenvalue weighted by molar-refractivity contribution is 5.29. The molecule has 0 amide bonds. The summed E-state index contributed by atoms with van der Waals surface area (Å²) < 4.78 is 0. The van der Waals surface area contributed by atoms with Gasteiger partial charge < -0.3 is 0 Å². The second kappa shape index (κ2) is 8.58. The van der Waals surface area contributed by atoms with Gasteiger partial charge in [0.25, 0.3) is 0 Å². The Morgan fingerprint density at radius 1 is 0.882 bits per heavy atom. The van der Waals surface area contributed by atoms with Crippen LogP contribution in [0.3, 0.4) is 0 Å². The molecule has 0 spiro atoms. The molecule has 0 radical (unpaired) electrons. The van der Waals surface area contributed by atoms with Crippen molar-refractivity contribution in [2.24, 2.45) is 0 Å². The minimum absolute atomic E-state index is 1.02. The summed E-state index contributed by atoms with van der Waals surface area (Å²) in [5.74, 6) is 0. The molecule has 0 unspecified atom stereocenters. The lowest BCUT2D eigenvalue weighted by Crippen LogP contribution is -1.92.